The number of ether oxygens (including phenoxy) is 1. The molecule has 0 saturated carbocycles. The fraction of sp³-hybridized carbons (Fsp3) is 0.167. The van der Waals surface area contributed by atoms with Gasteiger partial charge < -0.3 is 10.1 Å². The van der Waals surface area contributed by atoms with Crippen molar-refractivity contribution in [1.29, 1.82) is 0 Å². The molecule has 3 rings (SSSR count). The predicted molar refractivity (Wildman–Crippen MR) is 77.5 cm³/mol. The van der Waals surface area contributed by atoms with E-state index in [-0.39, 0.29) is 11.7 Å². The van der Waals surface area contributed by atoms with Crippen molar-refractivity contribution in [2.45, 2.75) is 5.16 Å². The number of thioether (sulfide) groups is 1. The first-order valence-electron chi connectivity index (χ1n) is 6.07. The van der Waals surface area contributed by atoms with Crippen molar-refractivity contribution in [2.24, 2.45) is 0 Å². The number of nitrogens with zero attached hydrogens (tertiary/aromatic N) is 4. The highest BCUT2D eigenvalue weighted by Crippen LogP contribution is 2.18. The van der Waals surface area contributed by atoms with Crippen LogP contribution < -0.4 is 10.1 Å². The van der Waals surface area contributed by atoms with Gasteiger partial charge in [-0.15, -0.1) is 10.2 Å². The third kappa shape index (κ3) is 2.97. The zero-order valence-electron chi connectivity index (χ0n) is 11.1. The number of hydrogen-bond acceptors (Lipinski definition) is 6. The van der Waals surface area contributed by atoms with Crippen LogP contribution in [0.2, 0.25) is 0 Å². The number of anilines is 1. The third-order valence-corrected chi connectivity index (χ3v) is 3.60. The second-order valence-electron chi connectivity index (χ2n) is 4.07. The summed E-state index contributed by atoms with van der Waals surface area (Å²) < 4.78 is 6.72. The maximum absolute atomic E-state index is 11.9. The third-order valence-electron chi connectivity index (χ3n) is 2.67. The molecular formula is C12H12N6O2S. The second-order valence-corrected chi connectivity index (χ2v) is 5.02. The van der Waals surface area contributed by atoms with Gasteiger partial charge in [0, 0.05) is 11.8 Å². The summed E-state index contributed by atoms with van der Waals surface area (Å²) in [4.78, 5) is 15.9. The number of methoxy groups -OCH3 is 1. The van der Waals surface area contributed by atoms with E-state index in [0.29, 0.717) is 22.4 Å². The molecule has 3 aromatic rings. The maximum atomic E-state index is 11.9. The average Bonchev–Trinajstić information content (AvgIpc) is 3.09. The van der Waals surface area contributed by atoms with Gasteiger partial charge in [-0.2, -0.15) is 9.50 Å². The van der Waals surface area contributed by atoms with Gasteiger partial charge in [0.1, 0.15) is 12.1 Å². The van der Waals surface area contributed by atoms with E-state index in [0.717, 1.165) is 0 Å². The molecule has 8 nitrogen and oxygen atoms in total. The standard InChI is InChI=1S/C12H12N6O2S/c1-20-9-4-2-3-8(5-9)15-10(19)6-21-12-17-16-11-13-7-14-18(11)12/h2-5,7H,6H2,1H3,(H,15,19)(H,13,14,16). The maximum Gasteiger partial charge on any atom is 0.272 e. The molecule has 108 valence electrons. The van der Waals surface area contributed by atoms with Gasteiger partial charge in [-0.3, -0.25) is 9.89 Å². The van der Waals surface area contributed by atoms with E-state index in [1.54, 1.807) is 23.8 Å². The minimum atomic E-state index is -0.135. The van der Waals surface area contributed by atoms with E-state index < -0.39 is 0 Å². The predicted octanol–water partition coefficient (Wildman–Crippen LogP) is 1.19. The van der Waals surface area contributed by atoms with Crippen LogP contribution in [0.5, 0.6) is 5.75 Å². The molecule has 0 unspecified atom stereocenters. The molecule has 1 aromatic carbocycles. The summed E-state index contributed by atoms with van der Waals surface area (Å²) in [5, 5.41) is 14.1. The van der Waals surface area contributed by atoms with Gasteiger partial charge in [0.2, 0.25) is 11.1 Å². The average molecular weight is 304 g/mol. The number of aromatic nitrogens is 5. The van der Waals surface area contributed by atoms with Crippen molar-refractivity contribution in [1.82, 2.24) is 24.8 Å². The number of fused-ring (bicyclic) bond motifs is 1. The van der Waals surface area contributed by atoms with Crippen LogP contribution in [0.4, 0.5) is 5.69 Å². The summed E-state index contributed by atoms with van der Waals surface area (Å²) in [6.07, 6.45) is 1.52. The molecule has 0 fully saturated rings. The van der Waals surface area contributed by atoms with Crippen LogP contribution >= 0.6 is 11.8 Å². The monoisotopic (exact) mass is 304 g/mol. The summed E-state index contributed by atoms with van der Waals surface area (Å²) in [6, 6.07) is 7.19. The topological polar surface area (TPSA) is 97.2 Å². The Morgan fingerprint density at radius 2 is 2.38 bits per heavy atom. The fourth-order valence-corrected chi connectivity index (χ4v) is 2.42. The molecule has 0 aliphatic carbocycles. The van der Waals surface area contributed by atoms with Gasteiger partial charge in [0.05, 0.1) is 12.9 Å². The van der Waals surface area contributed by atoms with Gasteiger partial charge in [-0.25, -0.2) is 0 Å². The van der Waals surface area contributed by atoms with E-state index in [9.17, 15) is 4.79 Å². The quantitative estimate of drug-likeness (QED) is 0.687. The molecule has 0 aliphatic heterocycles. The summed E-state index contributed by atoms with van der Waals surface area (Å²) in [7, 11) is 1.58. The van der Waals surface area contributed by atoms with Crippen molar-refractivity contribution in [3.8, 4) is 5.75 Å². The lowest BCUT2D eigenvalue weighted by molar-refractivity contribution is -0.113. The molecule has 0 radical (unpaired) electrons. The molecule has 1 amide bonds. The Labute approximate surface area is 123 Å². The van der Waals surface area contributed by atoms with Gasteiger partial charge in [-0.1, -0.05) is 17.8 Å². The van der Waals surface area contributed by atoms with Crippen LogP contribution in [-0.2, 0) is 4.79 Å². The lowest BCUT2D eigenvalue weighted by Crippen LogP contribution is -2.14. The Bertz CT molecular complexity index is 768. The lowest BCUT2D eigenvalue weighted by atomic mass is 10.3. The molecule has 2 heterocycles. The van der Waals surface area contributed by atoms with Crippen molar-refractivity contribution in [3.05, 3.63) is 30.6 Å². The number of benzene rings is 1. The molecule has 0 aliphatic rings. The first-order chi connectivity index (χ1) is 10.3. The molecular weight excluding hydrogens is 292 g/mol. The van der Waals surface area contributed by atoms with Crippen molar-refractivity contribution in [3.63, 3.8) is 0 Å². The SMILES string of the molecule is COc1cccc(NC(=O)CSc2nnc3nc[nH]n23)c1. The van der Waals surface area contributed by atoms with E-state index >= 15 is 0 Å². The molecule has 21 heavy (non-hydrogen) atoms. The molecule has 9 heteroatoms. The first kappa shape index (κ1) is 13.4. The zero-order valence-corrected chi connectivity index (χ0v) is 11.9. The largest absolute Gasteiger partial charge is 0.497 e. The number of hydrogen-bond donors (Lipinski definition) is 2. The normalized spacial score (nSPS) is 10.7. The Morgan fingerprint density at radius 1 is 1.48 bits per heavy atom. The van der Waals surface area contributed by atoms with Gasteiger partial charge >= 0.3 is 0 Å². The Morgan fingerprint density at radius 3 is 3.24 bits per heavy atom. The van der Waals surface area contributed by atoms with Crippen LogP contribution in [0.3, 0.4) is 0 Å². The molecule has 0 spiro atoms. The van der Waals surface area contributed by atoms with Crippen molar-refractivity contribution >= 4 is 29.1 Å². The van der Waals surface area contributed by atoms with Gasteiger partial charge in [0.15, 0.2) is 0 Å². The van der Waals surface area contributed by atoms with Crippen LogP contribution in [0, 0.1) is 0 Å². The van der Waals surface area contributed by atoms with Crippen LogP contribution in [0.25, 0.3) is 5.78 Å². The van der Waals surface area contributed by atoms with Crippen molar-refractivity contribution in [2.75, 3.05) is 18.2 Å². The number of carbonyl (C=O) groups is 1. The number of nitrogens with one attached hydrogen (secondary N) is 2. The number of H-pyrrole nitrogens is 1. The first-order valence-corrected chi connectivity index (χ1v) is 7.06. The number of aromatic amines is 1. The molecule has 0 saturated heterocycles. The van der Waals surface area contributed by atoms with Crippen LogP contribution in [0.1, 0.15) is 0 Å². The van der Waals surface area contributed by atoms with E-state index in [2.05, 4.69) is 25.6 Å². The summed E-state index contributed by atoms with van der Waals surface area (Å²) in [5.41, 5.74) is 0.688. The van der Waals surface area contributed by atoms with Crippen molar-refractivity contribution < 1.29 is 9.53 Å². The van der Waals surface area contributed by atoms with Crippen LogP contribution in [0.15, 0.2) is 35.7 Å². The summed E-state index contributed by atoms with van der Waals surface area (Å²) in [5.74, 6) is 1.25. The Kier molecular flexibility index (Phi) is 3.73. The molecule has 2 N–H and O–H groups in total. The molecule has 0 bridgehead atoms. The highest BCUT2D eigenvalue weighted by Gasteiger charge is 2.10. The highest BCUT2D eigenvalue weighted by atomic mass is 32.2. The number of carbonyl (C=O) groups excluding carboxylic acids is 1. The molecule has 2 aromatic heterocycles. The minimum absolute atomic E-state index is 0.135. The minimum Gasteiger partial charge on any atom is -0.497 e. The summed E-state index contributed by atoms with van der Waals surface area (Å²) >= 11 is 1.27. The second kappa shape index (κ2) is 5.83. The fourth-order valence-electron chi connectivity index (χ4n) is 1.72. The smallest absolute Gasteiger partial charge is 0.272 e. The number of rotatable bonds is 5. The van der Waals surface area contributed by atoms with E-state index in [1.165, 1.54) is 18.1 Å². The lowest BCUT2D eigenvalue weighted by Gasteiger charge is -2.06. The van der Waals surface area contributed by atoms with Gasteiger partial charge in [-0.05, 0) is 12.1 Å². The molecule has 0 atom stereocenters. The Hall–Kier alpha value is -2.55. The zero-order chi connectivity index (χ0) is 14.7. The van der Waals surface area contributed by atoms with Gasteiger partial charge in [0.25, 0.3) is 5.78 Å². The highest BCUT2D eigenvalue weighted by molar-refractivity contribution is 7.99. The van der Waals surface area contributed by atoms with E-state index in [1.807, 2.05) is 12.1 Å². The van der Waals surface area contributed by atoms with Crippen LogP contribution in [-0.4, -0.2) is 43.6 Å². The van der Waals surface area contributed by atoms with E-state index in [4.69, 9.17) is 4.74 Å². The number of amides is 1. The Balaban J connectivity index is 1.60. The summed E-state index contributed by atoms with van der Waals surface area (Å²) in [6.45, 7) is 0.